The highest BCUT2D eigenvalue weighted by Crippen LogP contribution is 2.19. The Kier molecular flexibility index (Phi) is 7.42. The molecule has 1 atom stereocenters. The largest absolute Gasteiger partial charge is 0.444 e. The van der Waals surface area contributed by atoms with E-state index in [-0.39, 0.29) is 24.8 Å². The van der Waals surface area contributed by atoms with Crippen molar-refractivity contribution in [3.05, 3.63) is 0 Å². The van der Waals surface area contributed by atoms with Gasteiger partial charge in [-0.05, 0) is 46.5 Å². The van der Waals surface area contributed by atoms with E-state index in [1.54, 1.807) is 7.11 Å². The van der Waals surface area contributed by atoms with E-state index in [1.807, 2.05) is 20.8 Å². The zero-order chi connectivity index (χ0) is 15.9. The number of methoxy groups -OCH3 is 1. The maximum Gasteiger partial charge on any atom is 0.407 e. The van der Waals surface area contributed by atoms with Crippen LogP contribution in [0.15, 0.2) is 0 Å². The average Bonchev–Trinajstić information content (AvgIpc) is 2.38. The van der Waals surface area contributed by atoms with Crippen molar-refractivity contribution in [1.82, 2.24) is 10.6 Å². The van der Waals surface area contributed by atoms with Crippen LogP contribution in [0.4, 0.5) is 4.79 Å². The van der Waals surface area contributed by atoms with Crippen molar-refractivity contribution < 1.29 is 19.4 Å². The van der Waals surface area contributed by atoms with Crippen molar-refractivity contribution in [3.63, 3.8) is 0 Å². The Morgan fingerprint density at radius 3 is 2.29 bits per heavy atom. The summed E-state index contributed by atoms with van der Waals surface area (Å²) in [5, 5.41) is 15.6. The van der Waals surface area contributed by atoms with Crippen molar-refractivity contribution in [2.45, 2.75) is 70.2 Å². The molecular formula is C15H30N2O4. The van der Waals surface area contributed by atoms with E-state index in [4.69, 9.17) is 9.47 Å². The monoisotopic (exact) mass is 302 g/mol. The fourth-order valence-electron chi connectivity index (χ4n) is 2.57. The molecule has 0 aliphatic heterocycles. The fourth-order valence-corrected chi connectivity index (χ4v) is 2.57. The van der Waals surface area contributed by atoms with Crippen molar-refractivity contribution in [2.24, 2.45) is 0 Å². The highest BCUT2D eigenvalue weighted by Gasteiger charge is 2.25. The van der Waals surface area contributed by atoms with E-state index in [0.717, 1.165) is 25.7 Å². The van der Waals surface area contributed by atoms with Gasteiger partial charge in [-0.2, -0.15) is 0 Å². The summed E-state index contributed by atoms with van der Waals surface area (Å²) in [5.41, 5.74) is -0.461. The van der Waals surface area contributed by atoms with Crippen LogP contribution < -0.4 is 10.6 Å². The highest BCUT2D eigenvalue weighted by atomic mass is 16.6. The summed E-state index contributed by atoms with van der Waals surface area (Å²) in [7, 11) is 1.63. The maximum atomic E-state index is 11.7. The third-order valence-corrected chi connectivity index (χ3v) is 3.51. The third-order valence-electron chi connectivity index (χ3n) is 3.51. The van der Waals surface area contributed by atoms with Gasteiger partial charge in [-0.25, -0.2) is 4.79 Å². The number of carbonyl (C=O) groups excluding carboxylic acids is 1. The molecule has 0 bridgehead atoms. The van der Waals surface area contributed by atoms with Crippen molar-refractivity contribution in [2.75, 3.05) is 20.3 Å². The lowest BCUT2D eigenvalue weighted by Crippen LogP contribution is -2.48. The number of amides is 1. The van der Waals surface area contributed by atoms with Gasteiger partial charge in [0, 0.05) is 19.2 Å². The summed E-state index contributed by atoms with van der Waals surface area (Å²) in [6.45, 7) is 6.16. The van der Waals surface area contributed by atoms with Crippen LogP contribution in [0, 0.1) is 0 Å². The first-order valence-electron chi connectivity index (χ1n) is 7.69. The van der Waals surface area contributed by atoms with E-state index in [0.29, 0.717) is 12.6 Å². The molecular weight excluding hydrogens is 272 g/mol. The Balaban J connectivity index is 2.27. The van der Waals surface area contributed by atoms with E-state index in [9.17, 15) is 9.90 Å². The lowest BCUT2D eigenvalue weighted by molar-refractivity contribution is 0.0487. The van der Waals surface area contributed by atoms with Crippen LogP contribution in [-0.2, 0) is 9.47 Å². The molecule has 1 amide bonds. The highest BCUT2D eigenvalue weighted by molar-refractivity contribution is 5.68. The Bertz CT molecular complexity index is 309. The minimum atomic E-state index is -0.461. The van der Waals surface area contributed by atoms with Gasteiger partial charge in [0.1, 0.15) is 5.60 Å². The SMILES string of the molecule is COCC(CO)NC1CCC(NC(=O)OC(C)(C)C)CC1. The van der Waals surface area contributed by atoms with E-state index < -0.39 is 5.60 Å². The first-order chi connectivity index (χ1) is 9.84. The molecule has 6 heteroatoms. The van der Waals surface area contributed by atoms with Gasteiger partial charge in [0.05, 0.1) is 19.3 Å². The first kappa shape index (κ1) is 18.2. The van der Waals surface area contributed by atoms with Crippen LogP contribution in [0.5, 0.6) is 0 Å². The summed E-state index contributed by atoms with van der Waals surface area (Å²) in [4.78, 5) is 11.7. The second kappa shape index (κ2) is 8.56. The number of carbonyl (C=O) groups is 1. The number of aliphatic hydroxyl groups excluding tert-OH is 1. The molecule has 21 heavy (non-hydrogen) atoms. The standard InChI is InChI=1S/C15H30N2O4/c1-15(2,3)21-14(19)17-12-7-5-11(6-8-12)16-13(9-18)10-20-4/h11-13,16,18H,5-10H2,1-4H3,(H,17,19). The summed E-state index contributed by atoms with van der Waals surface area (Å²) in [5.74, 6) is 0. The van der Waals surface area contributed by atoms with Crippen molar-refractivity contribution in [3.8, 4) is 0 Å². The Morgan fingerprint density at radius 2 is 1.81 bits per heavy atom. The molecule has 1 saturated carbocycles. The second-order valence-electron chi connectivity index (χ2n) is 6.70. The molecule has 0 heterocycles. The van der Waals surface area contributed by atoms with Gasteiger partial charge < -0.3 is 25.2 Å². The molecule has 1 aliphatic carbocycles. The maximum absolute atomic E-state index is 11.7. The minimum Gasteiger partial charge on any atom is -0.444 e. The number of hydrogen-bond donors (Lipinski definition) is 3. The van der Waals surface area contributed by atoms with Gasteiger partial charge >= 0.3 is 6.09 Å². The number of ether oxygens (including phenoxy) is 2. The van der Waals surface area contributed by atoms with Crippen LogP contribution in [0.3, 0.4) is 0 Å². The summed E-state index contributed by atoms with van der Waals surface area (Å²) >= 11 is 0. The molecule has 6 nitrogen and oxygen atoms in total. The molecule has 124 valence electrons. The normalized spacial score (nSPS) is 24.4. The molecule has 0 aromatic carbocycles. The van der Waals surface area contributed by atoms with Crippen LogP contribution in [0.25, 0.3) is 0 Å². The lowest BCUT2D eigenvalue weighted by Gasteiger charge is -2.32. The molecule has 1 aliphatic rings. The van der Waals surface area contributed by atoms with Gasteiger partial charge in [0.15, 0.2) is 0 Å². The number of rotatable bonds is 6. The molecule has 0 aromatic rings. The zero-order valence-electron chi connectivity index (χ0n) is 13.6. The first-order valence-corrected chi connectivity index (χ1v) is 7.69. The van der Waals surface area contributed by atoms with Gasteiger partial charge in [0.25, 0.3) is 0 Å². The van der Waals surface area contributed by atoms with Gasteiger partial charge in [-0.3, -0.25) is 0 Å². The van der Waals surface area contributed by atoms with Gasteiger partial charge in [-0.15, -0.1) is 0 Å². The quantitative estimate of drug-likeness (QED) is 0.691. The predicted octanol–water partition coefficient (Wildman–Crippen LogP) is 1.42. The number of alkyl carbamates (subject to hydrolysis) is 1. The van der Waals surface area contributed by atoms with Gasteiger partial charge in [0.2, 0.25) is 0 Å². The smallest absolute Gasteiger partial charge is 0.407 e. The second-order valence-corrected chi connectivity index (χ2v) is 6.70. The molecule has 0 saturated heterocycles. The fraction of sp³-hybridized carbons (Fsp3) is 0.933. The molecule has 0 aromatic heterocycles. The molecule has 0 spiro atoms. The molecule has 0 radical (unpaired) electrons. The molecule has 1 rings (SSSR count). The van der Waals surface area contributed by atoms with Crippen LogP contribution in [0.1, 0.15) is 46.5 Å². The summed E-state index contributed by atoms with van der Waals surface area (Å²) in [6, 6.07) is 0.525. The molecule has 1 unspecified atom stereocenters. The number of hydrogen-bond acceptors (Lipinski definition) is 5. The van der Waals surface area contributed by atoms with Crippen molar-refractivity contribution >= 4 is 6.09 Å². The van der Waals surface area contributed by atoms with E-state index in [1.165, 1.54) is 0 Å². The van der Waals surface area contributed by atoms with Crippen molar-refractivity contribution in [1.29, 1.82) is 0 Å². The van der Waals surface area contributed by atoms with Crippen LogP contribution in [-0.4, -0.2) is 55.2 Å². The summed E-state index contributed by atoms with van der Waals surface area (Å²) in [6.07, 6.45) is 3.44. The van der Waals surface area contributed by atoms with Crippen LogP contribution >= 0.6 is 0 Å². The topological polar surface area (TPSA) is 79.8 Å². The Hall–Kier alpha value is -0.850. The van der Waals surface area contributed by atoms with E-state index in [2.05, 4.69) is 10.6 Å². The Labute approximate surface area is 127 Å². The average molecular weight is 302 g/mol. The molecule has 3 N–H and O–H groups in total. The third kappa shape index (κ3) is 7.64. The van der Waals surface area contributed by atoms with Gasteiger partial charge in [-0.1, -0.05) is 0 Å². The lowest BCUT2D eigenvalue weighted by atomic mass is 9.91. The summed E-state index contributed by atoms with van der Waals surface area (Å²) < 4.78 is 10.3. The Morgan fingerprint density at radius 1 is 1.24 bits per heavy atom. The zero-order valence-corrected chi connectivity index (χ0v) is 13.6. The molecule has 1 fully saturated rings. The van der Waals surface area contributed by atoms with Crippen LogP contribution in [0.2, 0.25) is 0 Å². The number of nitrogens with one attached hydrogen (secondary N) is 2. The predicted molar refractivity (Wildman–Crippen MR) is 81.3 cm³/mol. The number of aliphatic hydroxyl groups is 1. The minimum absolute atomic E-state index is 0.0182. The van der Waals surface area contributed by atoms with E-state index >= 15 is 0 Å².